The van der Waals surface area contributed by atoms with Crippen LogP contribution < -0.4 is 0 Å². The van der Waals surface area contributed by atoms with Gasteiger partial charge in [0.25, 0.3) is 0 Å². The molecule has 3 nitrogen and oxygen atoms in total. The van der Waals surface area contributed by atoms with Crippen molar-refractivity contribution in [3.8, 4) is 0 Å². The normalized spacial score (nSPS) is 14.5. The lowest BCUT2D eigenvalue weighted by Gasteiger charge is -2.21. The van der Waals surface area contributed by atoms with Crippen LogP contribution in [-0.2, 0) is 19.3 Å². The van der Waals surface area contributed by atoms with Crippen molar-refractivity contribution in [3.63, 3.8) is 0 Å². The largest absolute Gasteiger partial charge is 0.478 e. The van der Waals surface area contributed by atoms with Crippen LogP contribution in [0, 0.1) is 0 Å². The van der Waals surface area contributed by atoms with Crippen molar-refractivity contribution in [1.29, 1.82) is 0 Å². The Bertz CT molecular complexity index is 457. The molecule has 0 radical (unpaired) electrons. The van der Waals surface area contributed by atoms with Crippen molar-refractivity contribution >= 4 is 17.6 Å². The smallest absolute Gasteiger partial charge is 0.339 e. The maximum absolute atomic E-state index is 11.2. The van der Waals surface area contributed by atoms with Gasteiger partial charge in [0.1, 0.15) is 10.7 Å². The number of nitrogens with zero attached hydrogens (tertiary/aromatic N) is 1. The Labute approximate surface area is 106 Å². The van der Waals surface area contributed by atoms with Crippen LogP contribution in [0.2, 0.25) is 5.15 Å². The van der Waals surface area contributed by atoms with Crippen LogP contribution >= 0.6 is 11.6 Å². The van der Waals surface area contributed by atoms with Crippen LogP contribution in [0.4, 0.5) is 0 Å². The second-order valence-corrected chi connectivity index (χ2v) is 4.80. The fourth-order valence-corrected chi connectivity index (χ4v) is 2.82. The van der Waals surface area contributed by atoms with Crippen LogP contribution in [0.15, 0.2) is 0 Å². The summed E-state index contributed by atoms with van der Waals surface area (Å²) in [5.74, 6) is -0.955. The number of carbonyl (C=O) groups is 1. The van der Waals surface area contributed by atoms with Crippen molar-refractivity contribution in [2.24, 2.45) is 0 Å². The highest BCUT2D eigenvalue weighted by molar-refractivity contribution is 6.32. The molecule has 1 heterocycles. The third kappa shape index (κ3) is 2.29. The Morgan fingerprint density at radius 3 is 2.59 bits per heavy atom. The van der Waals surface area contributed by atoms with Crippen molar-refractivity contribution in [2.75, 3.05) is 0 Å². The Balaban J connectivity index is 2.60. The molecule has 1 aromatic rings. The van der Waals surface area contributed by atoms with Crippen molar-refractivity contribution in [1.82, 2.24) is 4.98 Å². The van der Waals surface area contributed by atoms with Gasteiger partial charge < -0.3 is 5.11 Å². The number of hydrogen-bond acceptors (Lipinski definition) is 2. The van der Waals surface area contributed by atoms with Crippen LogP contribution in [0.1, 0.15) is 53.4 Å². The zero-order chi connectivity index (χ0) is 12.4. The molecule has 0 aromatic carbocycles. The molecular formula is C13H16ClNO2. The molecule has 17 heavy (non-hydrogen) atoms. The maximum Gasteiger partial charge on any atom is 0.339 e. The van der Waals surface area contributed by atoms with Gasteiger partial charge in [-0.2, -0.15) is 0 Å². The third-order valence-electron chi connectivity index (χ3n) is 3.26. The molecule has 2 rings (SSSR count). The lowest BCUT2D eigenvalue weighted by atomic mass is 9.87. The van der Waals surface area contributed by atoms with E-state index in [0.717, 1.165) is 55.3 Å². The summed E-state index contributed by atoms with van der Waals surface area (Å²) in [5.41, 5.74) is 3.28. The molecule has 0 amide bonds. The van der Waals surface area contributed by atoms with Gasteiger partial charge in [0.15, 0.2) is 0 Å². The lowest BCUT2D eigenvalue weighted by Crippen LogP contribution is -2.15. The van der Waals surface area contributed by atoms with E-state index >= 15 is 0 Å². The zero-order valence-corrected chi connectivity index (χ0v) is 10.7. The summed E-state index contributed by atoms with van der Waals surface area (Å²) < 4.78 is 0. The third-order valence-corrected chi connectivity index (χ3v) is 3.53. The maximum atomic E-state index is 11.2. The second kappa shape index (κ2) is 5.05. The number of fused-ring (bicyclic) bond motifs is 1. The van der Waals surface area contributed by atoms with Gasteiger partial charge in [-0.05, 0) is 43.2 Å². The van der Waals surface area contributed by atoms with E-state index in [4.69, 9.17) is 11.6 Å². The summed E-state index contributed by atoms with van der Waals surface area (Å²) in [6, 6.07) is 0. The highest BCUT2D eigenvalue weighted by Crippen LogP contribution is 2.31. The molecular weight excluding hydrogens is 238 g/mol. The molecule has 0 aliphatic heterocycles. The predicted molar refractivity (Wildman–Crippen MR) is 66.8 cm³/mol. The number of carboxylic acid groups (broad SMARTS) is 1. The van der Waals surface area contributed by atoms with E-state index in [1.807, 2.05) is 0 Å². The Morgan fingerprint density at radius 2 is 2.00 bits per heavy atom. The topological polar surface area (TPSA) is 50.2 Å². The molecule has 1 N–H and O–H groups in total. The highest BCUT2D eigenvalue weighted by atomic mass is 35.5. The first kappa shape index (κ1) is 12.4. The van der Waals surface area contributed by atoms with Gasteiger partial charge in [-0.25, -0.2) is 9.78 Å². The standard InChI is InChI=1S/C13H16ClNO2/c1-2-5-10-8-6-3-4-7-9(8)11(13(16)17)12(14)15-10/h2-7H2,1H3,(H,16,17). The van der Waals surface area contributed by atoms with Crippen molar-refractivity contribution in [2.45, 2.75) is 45.4 Å². The van der Waals surface area contributed by atoms with E-state index in [9.17, 15) is 9.90 Å². The molecule has 1 aromatic heterocycles. The molecule has 0 bridgehead atoms. The number of aromatic carboxylic acids is 1. The first-order chi connectivity index (χ1) is 8.15. The first-order valence-corrected chi connectivity index (χ1v) is 6.46. The minimum absolute atomic E-state index is 0.154. The van der Waals surface area contributed by atoms with Crippen LogP contribution in [0.3, 0.4) is 0 Å². The number of pyridine rings is 1. The Kier molecular flexibility index (Phi) is 3.67. The average molecular weight is 254 g/mol. The average Bonchev–Trinajstić information content (AvgIpc) is 2.28. The highest BCUT2D eigenvalue weighted by Gasteiger charge is 2.24. The Hall–Kier alpha value is -1.09. The summed E-state index contributed by atoms with van der Waals surface area (Å²) in [5, 5.41) is 9.37. The molecule has 0 fully saturated rings. The minimum Gasteiger partial charge on any atom is -0.478 e. The van der Waals surface area contributed by atoms with Gasteiger partial charge >= 0.3 is 5.97 Å². The van der Waals surface area contributed by atoms with E-state index in [-0.39, 0.29) is 10.7 Å². The molecule has 0 spiro atoms. The predicted octanol–water partition coefficient (Wildman–Crippen LogP) is 3.26. The van der Waals surface area contributed by atoms with Crippen LogP contribution in [0.5, 0.6) is 0 Å². The molecule has 0 saturated carbocycles. The van der Waals surface area contributed by atoms with Gasteiger partial charge in [-0.3, -0.25) is 0 Å². The lowest BCUT2D eigenvalue weighted by molar-refractivity contribution is 0.0695. The number of carboxylic acids is 1. The minimum atomic E-state index is -0.955. The number of aromatic nitrogens is 1. The van der Waals surface area contributed by atoms with Gasteiger partial charge in [0, 0.05) is 5.69 Å². The van der Waals surface area contributed by atoms with E-state index in [2.05, 4.69) is 11.9 Å². The zero-order valence-electron chi connectivity index (χ0n) is 9.92. The molecule has 92 valence electrons. The molecule has 1 aliphatic rings. The fourth-order valence-electron chi connectivity index (χ4n) is 2.53. The van der Waals surface area contributed by atoms with E-state index in [1.54, 1.807) is 0 Å². The molecule has 0 unspecified atom stereocenters. The molecule has 0 atom stereocenters. The van der Waals surface area contributed by atoms with E-state index in [1.165, 1.54) is 0 Å². The van der Waals surface area contributed by atoms with Crippen LogP contribution in [-0.4, -0.2) is 16.1 Å². The summed E-state index contributed by atoms with van der Waals surface area (Å²) in [6.07, 6.45) is 5.79. The van der Waals surface area contributed by atoms with Crippen LogP contribution in [0.25, 0.3) is 0 Å². The number of aryl methyl sites for hydroxylation is 1. The number of hydrogen-bond donors (Lipinski definition) is 1. The van der Waals surface area contributed by atoms with Crippen molar-refractivity contribution < 1.29 is 9.90 Å². The van der Waals surface area contributed by atoms with Gasteiger partial charge in [0.2, 0.25) is 0 Å². The first-order valence-electron chi connectivity index (χ1n) is 6.08. The number of halogens is 1. The molecule has 1 aliphatic carbocycles. The van der Waals surface area contributed by atoms with Gasteiger partial charge in [-0.15, -0.1) is 0 Å². The Morgan fingerprint density at radius 1 is 1.35 bits per heavy atom. The van der Waals surface area contributed by atoms with E-state index in [0.29, 0.717) is 0 Å². The second-order valence-electron chi connectivity index (χ2n) is 4.44. The number of rotatable bonds is 3. The van der Waals surface area contributed by atoms with Crippen molar-refractivity contribution in [3.05, 3.63) is 27.5 Å². The SMILES string of the molecule is CCCc1nc(Cl)c(C(=O)O)c2c1CCCC2. The molecule has 4 heteroatoms. The summed E-state index contributed by atoms with van der Waals surface area (Å²) in [7, 11) is 0. The van der Waals surface area contributed by atoms with Gasteiger partial charge in [-0.1, -0.05) is 24.9 Å². The van der Waals surface area contributed by atoms with E-state index < -0.39 is 5.97 Å². The summed E-state index contributed by atoms with van der Waals surface area (Å²) >= 11 is 6.01. The summed E-state index contributed by atoms with van der Waals surface area (Å²) in [6.45, 7) is 2.09. The molecule has 0 saturated heterocycles. The summed E-state index contributed by atoms with van der Waals surface area (Å²) in [4.78, 5) is 15.5. The monoisotopic (exact) mass is 253 g/mol. The van der Waals surface area contributed by atoms with Gasteiger partial charge in [0.05, 0.1) is 0 Å². The fraction of sp³-hybridized carbons (Fsp3) is 0.538. The quantitative estimate of drug-likeness (QED) is 0.841.